The summed E-state index contributed by atoms with van der Waals surface area (Å²) in [6.45, 7) is 5.39. The molecular weight excluding hydrogens is 330 g/mol. The summed E-state index contributed by atoms with van der Waals surface area (Å²) in [5, 5.41) is 2.81. The lowest BCUT2D eigenvalue weighted by atomic mass is 9.98. The number of methoxy groups -OCH3 is 1. The Labute approximate surface area is 154 Å². The van der Waals surface area contributed by atoms with Crippen molar-refractivity contribution in [2.75, 3.05) is 7.11 Å². The maximum atomic E-state index is 12.7. The van der Waals surface area contributed by atoms with E-state index in [1.807, 2.05) is 30.3 Å². The molecule has 0 aromatic heterocycles. The second-order valence-corrected chi connectivity index (χ2v) is 6.97. The van der Waals surface area contributed by atoms with Crippen LogP contribution in [-0.2, 0) is 4.74 Å². The van der Waals surface area contributed by atoms with Gasteiger partial charge in [-0.25, -0.2) is 4.79 Å². The van der Waals surface area contributed by atoms with E-state index in [9.17, 15) is 9.59 Å². The lowest BCUT2D eigenvalue weighted by molar-refractivity contribution is 0.0501. The number of Topliss-reactive ketones (excluding diaryl/α,β-unsaturated/α-hetero) is 1. The van der Waals surface area contributed by atoms with Crippen molar-refractivity contribution in [2.24, 2.45) is 0 Å². The van der Waals surface area contributed by atoms with E-state index in [2.05, 4.69) is 5.32 Å². The Kier molecular flexibility index (Phi) is 6.39. The van der Waals surface area contributed by atoms with Gasteiger partial charge >= 0.3 is 6.09 Å². The number of carbonyl (C=O) groups excluding carboxylic acids is 2. The highest BCUT2D eigenvalue weighted by molar-refractivity contribution is 5.97. The molecular formula is C21H25NO4. The van der Waals surface area contributed by atoms with Crippen LogP contribution in [0.2, 0.25) is 0 Å². The van der Waals surface area contributed by atoms with Gasteiger partial charge < -0.3 is 14.8 Å². The van der Waals surface area contributed by atoms with E-state index in [0.29, 0.717) is 11.3 Å². The van der Waals surface area contributed by atoms with Gasteiger partial charge in [0.25, 0.3) is 0 Å². The highest BCUT2D eigenvalue weighted by Crippen LogP contribution is 2.22. The van der Waals surface area contributed by atoms with Gasteiger partial charge in [-0.1, -0.05) is 42.5 Å². The number of ketones is 1. The van der Waals surface area contributed by atoms with E-state index in [1.54, 1.807) is 52.1 Å². The summed E-state index contributed by atoms with van der Waals surface area (Å²) >= 11 is 0. The topological polar surface area (TPSA) is 64.6 Å². The molecule has 2 aromatic carbocycles. The Morgan fingerprint density at radius 3 is 2.35 bits per heavy atom. The molecule has 1 atom stereocenters. The SMILES string of the molecule is COc1cccc(C(=O)C[C@@H](NC(=O)OC(C)(C)C)c2ccccc2)c1. The van der Waals surface area contributed by atoms with Crippen molar-refractivity contribution in [2.45, 2.75) is 38.8 Å². The summed E-state index contributed by atoms with van der Waals surface area (Å²) in [5.41, 5.74) is 0.771. The van der Waals surface area contributed by atoms with Crippen LogP contribution in [0, 0.1) is 0 Å². The van der Waals surface area contributed by atoms with Gasteiger partial charge in [-0.3, -0.25) is 4.79 Å². The Balaban J connectivity index is 2.18. The normalized spacial score (nSPS) is 12.2. The van der Waals surface area contributed by atoms with Crippen LogP contribution in [0.1, 0.15) is 49.2 Å². The van der Waals surface area contributed by atoms with Crippen LogP contribution in [0.4, 0.5) is 4.79 Å². The molecule has 1 amide bonds. The average molecular weight is 355 g/mol. The van der Waals surface area contributed by atoms with Crippen molar-refractivity contribution in [1.29, 1.82) is 0 Å². The van der Waals surface area contributed by atoms with Gasteiger partial charge in [0.1, 0.15) is 11.4 Å². The average Bonchev–Trinajstić information content (AvgIpc) is 2.60. The Hall–Kier alpha value is -2.82. The van der Waals surface area contributed by atoms with E-state index >= 15 is 0 Å². The van der Waals surface area contributed by atoms with Crippen molar-refractivity contribution >= 4 is 11.9 Å². The second-order valence-electron chi connectivity index (χ2n) is 6.97. The molecule has 0 spiro atoms. The lowest BCUT2D eigenvalue weighted by Gasteiger charge is -2.23. The van der Waals surface area contributed by atoms with Crippen LogP contribution in [-0.4, -0.2) is 24.6 Å². The van der Waals surface area contributed by atoms with Crippen molar-refractivity contribution < 1.29 is 19.1 Å². The lowest BCUT2D eigenvalue weighted by Crippen LogP contribution is -2.35. The van der Waals surface area contributed by atoms with Gasteiger partial charge in [0.05, 0.1) is 13.2 Å². The van der Waals surface area contributed by atoms with Gasteiger partial charge in [0.2, 0.25) is 0 Å². The molecule has 5 heteroatoms. The van der Waals surface area contributed by atoms with Crippen molar-refractivity contribution in [3.8, 4) is 5.75 Å². The Bertz CT molecular complexity index is 750. The first-order valence-electron chi connectivity index (χ1n) is 8.50. The number of amides is 1. The fourth-order valence-corrected chi connectivity index (χ4v) is 2.49. The molecule has 0 radical (unpaired) electrons. The first-order valence-corrected chi connectivity index (χ1v) is 8.50. The summed E-state index contributed by atoms with van der Waals surface area (Å²) < 4.78 is 10.5. The molecule has 1 N–H and O–H groups in total. The van der Waals surface area contributed by atoms with Crippen LogP contribution < -0.4 is 10.1 Å². The summed E-state index contributed by atoms with van der Waals surface area (Å²) in [6, 6.07) is 15.9. The molecule has 0 saturated carbocycles. The summed E-state index contributed by atoms with van der Waals surface area (Å²) in [4.78, 5) is 24.9. The van der Waals surface area contributed by atoms with Crippen molar-refractivity contribution in [3.05, 3.63) is 65.7 Å². The standard InChI is InChI=1S/C21H25NO4/c1-21(2,3)26-20(24)22-18(15-9-6-5-7-10-15)14-19(23)16-11-8-12-17(13-16)25-4/h5-13,18H,14H2,1-4H3,(H,22,24)/t18-/m1/s1. The zero-order valence-corrected chi connectivity index (χ0v) is 15.6. The van der Waals surface area contributed by atoms with Crippen LogP contribution in [0.15, 0.2) is 54.6 Å². The molecule has 0 aliphatic carbocycles. The zero-order valence-electron chi connectivity index (χ0n) is 15.6. The number of benzene rings is 2. The predicted molar refractivity (Wildman–Crippen MR) is 100 cm³/mol. The molecule has 138 valence electrons. The summed E-state index contributed by atoms with van der Waals surface area (Å²) in [5.74, 6) is 0.529. The highest BCUT2D eigenvalue weighted by atomic mass is 16.6. The van der Waals surface area contributed by atoms with E-state index in [0.717, 1.165) is 5.56 Å². The largest absolute Gasteiger partial charge is 0.497 e. The summed E-state index contributed by atoms with van der Waals surface area (Å²) in [7, 11) is 1.56. The molecule has 0 heterocycles. The molecule has 26 heavy (non-hydrogen) atoms. The van der Waals surface area contributed by atoms with E-state index in [4.69, 9.17) is 9.47 Å². The fraction of sp³-hybridized carbons (Fsp3) is 0.333. The van der Waals surface area contributed by atoms with Crippen LogP contribution >= 0.6 is 0 Å². The minimum atomic E-state index is -0.609. The minimum absolute atomic E-state index is 0.0891. The molecule has 0 saturated heterocycles. The number of nitrogens with one attached hydrogen (secondary N) is 1. The predicted octanol–water partition coefficient (Wildman–Crippen LogP) is 4.53. The number of rotatable bonds is 6. The zero-order chi connectivity index (χ0) is 19.2. The molecule has 0 aliphatic rings. The van der Waals surface area contributed by atoms with Gasteiger partial charge in [-0.2, -0.15) is 0 Å². The van der Waals surface area contributed by atoms with Crippen LogP contribution in [0.25, 0.3) is 0 Å². The number of alkyl carbamates (subject to hydrolysis) is 1. The van der Waals surface area contributed by atoms with E-state index in [1.165, 1.54) is 0 Å². The molecule has 2 aromatic rings. The Morgan fingerprint density at radius 1 is 1.04 bits per heavy atom. The first-order chi connectivity index (χ1) is 12.3. The van der Waals surface area contributed by atoms with Gasteiger partial charge in [0.15, 0.2) is 5.78 Å². The van der Waals surface area contributed by atoms with E-state index in [-0.39, 0.29) is 12.2 Å². The summed E-state index contributed by atoms with van der Waals surface area (Å²) in [6.07, 6.45) is -0.430. The number of hydrogen-bond donors (Lipinski definition) is 1. The maximum Gasteiger partial charge on any atom is 0.408 e. The quantitative estimate of drug-likeness (QED) is 0.773. The molecule has 0 aliphatic heterocycles. The third-order valence-electron chi connectivity index (χ3n) is 3.67. The monoisotopic (exact) mass is 355 g/mol. The van der Waals surface area contributed by atoms with Crippen molar-refractivity contribution in [1.82, 2.24) is 5.32 Å². The van der Waals surface area contributed by atoms with Gasteiger partial charge in [0, 0.05) is 12.0 Å². The highest BCUT2D eigenvalue weighted by Gasteiger charge is 2.23. The minimum Gasteiger partial charge on any atom is -0.497 e. The van der Waals surface area contributed by atoms with E-state index < -0.39 is 17.7 Å². The number of carbonyl (C=O) groups is 2. The molecule has 2 rings (SSSR count). The van der Waals surface area contributed by atoms with Crippen LogP contribution in [0.5, 0.6) is 5.75 Å². The number of hydrogen-bond acceptors (Lipinski definition) is 4. The van der Waals surface area contributed by atoms with Gasteiger partial charge in [-0.05, 0) is 38.5 Å². The Morgan fingerprint density at radius 2 is 1.73 bits per heavy atom. The third-order valence-corrected chi connectivity index (χ3v) is 3.67. The van der Waals surface area contributed by atoms with Crippen LogP contribution in [0.3, 0.4) is 0 Å². The molecule has 0 unspecified atom stereocenters. The first kappa shape index (κ1) is 19.5. The smallest absolute Gasteiger partial charge is 0.408 e. The molecule has 0 fully saturated rings. The molecule has 5 nitrogen and oxygen atoms in total. The molecule has 0 bridgehead atoms. The van der Waals surface area contributed by atoms with Crippen molar-refractivity contribution in [3.63, 3.8) is 0 Å². The second kappa shape index (κ2) is 8.52. The van der Waals surface area contributed by atoms with Gasteiger partial charge in [-0.15, -0.1) is 0 Å². The fourth-order valence-electron chi connectivity index (χ4n) is 2.49. The maximum absolute atomic E-state index is 12.7. The number of ether oxygens (including phenoxy) is 2. The third kappa shape index (κ3) is 5.92.